The molecule has 0 spiro atoms. The molecule has 78 valence electrons. The molecule has 4 heteroatoms. The van der Waals surface area contributed by atoms with E-state index in [-0.39, 0.29) is 0 Å². The Morgan fingerprint density at radius 1 is 1.64 bits per heavy atom. The molecule has 1 aliphatic rings. The van der Waals surface area contributed by atoms with Crippen LogP contribution in [0.1, 0.15) is 29.3 Å². The lowest BCUT2D eigenvalue weighted by Crippen LogP contribution is -2.18. The molecule has 0 aliphatic heterocycles. The Balaban J connectivity index is 1.80. The van der Waals surface area contributed by atoms with Crippen LogP contribution in [0, 0.1) is 0 Å². The molecule has 1 fully saturated rings. The lowest BCUT2D eigenvalue weighted by atomic mass is 10.2. The summed E-state index contributed by atoms with van der Waals surface area (Å²) in [4.78, 5) is 5.83. The quantitative estimate of drug-likeness (QED) is 0.730. The van der Waals surface area contributed by atoms with Gasteiger partial charge in [0.2, 0.25) is 0 Å². The number of ether oxygens (including phenoxy) is 1. The van der Waals surface area contributed by atoms with E-state index >= 15 is 0 Å². The number of hydrogen-bond donors (Lipinski definition) is 1. The first-order chi connectivity index (χ1) is 6.92. The van der Waals surface area contributed by atoms with Crippen molar-refractivity contribution >= 4 is 11.3 Å². The summed E-state index contributed by atoms with van der Waals surface area (Å²) in [6.07, 6.45) is 2.66. The first kappa shape index (κ1) is 10.1. The summed E-state index contributed by atoms with van der Waals surface area (Å²) >= 11 is 1.76. The Bertz CT molecular complexity index is 283. The van der Waals surface area contributed by atoms with Gasteiger partial charge in [-0.1, -0.05) is 0 Å². The van der Waals surface area contributed by atoms with Crippen molar-refractivity contribution in [3.8, 4) is 0 Å². The highest BCUT2D eigenvalue weighted by Crippen LogP contribution is 2.41. The number of aromatic nitrogens is 1. The minimum absolute atomic E-state index is 0.764. The molecule has 1 aliphatic carbocycles. The average Bonchev–Trinajstić information content (AvgIpc) is 2.94. The number of methoxy groups -OCH3 is 1. The zero-order valence-corrected chi connectivity index (χ0v) is 9.27. The zero-order valence-electron chi connectivity index (χ0n) is 8.45. The SMILES string of the molecule is COCCNCc1scnc1C1CC1. The van der Waals surface area contributed by atoms with E-state index in [9.17, 15) is 0 Å². The molecular weight excluding hydrogens is 196 g/mol. The van der Waals surface area contributed by atoms with Crippen LogP contribution in [0.5, 0.6) is 0 Å². The highest BCUT2D eigenvalue weighted by Gasteiger charge is 2.27. The molecule has 0 radical (unpaired) electrons. The summed E-state index contributed by atoms with van der Waals surface area (Å²) in [6, 6.07) is 0. The van der Waals surface area contributed by atoms with Gasteiger partial charge in [0, 0.05) is 31.0 Å². The Kier molecular flexibility index (Phi) is 3.50. The van der Waals surface area contributed by atoms with E-state index in [0.717, 1.165) is 25.6 Å². The van der Waals surface area contributed by atoms with E-state index in [1.54, 1.807) is 18.4 Å². The van der Waals surface area contributed by atoms with Gasteiger partial charge in [-0.05, 0) is 12.8 Å². The Labute approximate surface area is 88.5 Å². The maximum Gasteiger partial charge on any atom is 0.0798 e. The predicted octanol–water partition coefficient (Wildman–Crippen LogP) is 1.76. The molecule has 0 saturated heterocycles. The third-order valence-electron chi connectivity index (χ3n) is 2.41. The maximum absolute atomic E-state index is 4.98. The van der Waals surface area contributed by atoms with Crippen LogP contribution < -0.4 is 5.32 Å². The molecule has 2 rings (SSSR count). The largest absolute Gasteiger partial charge is 0.383 e. The number of nitrogens with one attached hydrogen (secondary N) is 1. The molecule has 1 saturated carbocycles. The van der Waals surface area contributed by atoms with Crippen LogP contribution in [0.2, 0.25) is 0 Å². The van der Waals surface area contributed by atoms with Gasteiger partial charge in [0.1, 0.15) is 0 Å². The molecule has 1 heterocycles. The predicted molar refractivity (Wildman–Crippen MR) is 57.7 cm³/mol. The zero-order chi connectivity index (χ0) is 9.80. The first-order valence-corrected chi connectivity index (χ1v) is 5.91. The lowest BCUT2D eigenvalue weighted by molar-refractivity contribution is 0.199. The lowest BCUT2D eigenvalue weighted by Gasteiger charge is -2.03. The van der Waals surface area contributed by atoms with E-state index in [0.29, 0.717) is 0 Å². The van der Waals surface area contributed by atoms with E-state index in [1.807, 2.05) is 5.51 Å². The second-order valence-electron chi connectivity index (χ2n) is 3.60. The molecule has 1 aromatic heterocycles. The molecule has 0 unspecified atom stereocenters. The van der Waals surface area contributed by atoms with E-state index in [1.165, 1.54) is 23.4 Å². The molecule has 0 aromatic carbocycles. The molecule has 0 bridgehead atoms. The van der Waals surface area contributed by atoms with Gasteiger partial charge in [-0.3, -0.25) is 0 Å². The van der Waals surface area contributed by atoms with Gasteiger partial charge in [-0.15, -0.1) is 11.3 Å². The third kappa shape index (κ3) is 2.53. The molecule has 1 aromatic rings. The van der Waals surface area contributed by atoms with Crippen LogP contribution in [-0.4, -0.2) is 25.2 Å². The maximum atomic E-state index is 4.98. The van der Waals surface area contributed by atoms with Crippen molar-refractivity contribution in [2.75, 3.05) is 20.3 Å². The summed E-state index contributed by atoms with van der Waals surface area (Å²) in [6.45, 7) is 2.63. The monoisotopic (exact) mass is 212 g/mol. The fourth-order valence-electron chi connectivity index (χ4n) is 1.48. The van der Waals surface area contributed by atoms with Gasteiger partial charge in [0.15, 0.2) is 0 Å². The molecule has 14 heavy (non-hydrogen) atoms. The number of hydrogen-bond acceptors (Lipinski definition) is 4. The fraction of sp³-hybridized carbons (Fsp3) is 0.700. The van der Waals surface area contributed by atoms with Crippen LogP contribution in [0.25, 0.3) is 0 Å². The van der Waals surface area contributed by atoms with Gasteiger partial charge in [0.05, 0.1) is 17.8 Å². The molecule has 0 atom stereocenters. The van der Waals surface area contributed by atoms with Crippen molar-refractivity contribution in [3.63, 3.8) is 0 Å². The molecular formula is C10H16N2OS. The van der Waals surface area contributed by atoms with Gasteiger partial charge in [-0.25, -0.2) is 4.98 Å². The first-order valence-electron chi connectivity index (χ1n) is 5.03. The topological polar surface area (TPSA) is 34.1 Å². The molecule has 0 amide bonds. The van der Waals surface area contributed by atoms with E-state index < -0.39 is 0 Å². The van der Waals surface area contributed by atoms with Crippen LogP contribution in [-0.2, 0) is 11.3 Å². The average molecular weight is 212 g/mol. The van der Waals surface area contributed by atoms with Gasteiger partial charge in [0.25, 0.3) is 0 Å². The highest BCUT2D eigenvalue weighted by molar-refractivity contribution is 7.09. The van der Waals surface area contributed by atoms with Crippen molar-refractivity contribution in [2.45, 2.75) is 25.3 Å². The number of nitrogens with zero attached hydrogens (tertiary/aromatic N) is 1. The minimum atomic E-state index is 0.764. The van der Waals surface area contributed by atoms with Crippen molar-refractivity contribution < 1.29 is 4.74 Å². The van der Waals surface area contributed by atoms with Crippen LogP contribution in [0.3, 0.4) is 0 Å². The fourth-order valence-corrected chi connectivity index (χ4v) is 2.30. The van der Waals surface area contributed by atoms with Gasteiger partial charge in [-0.2, -0.15) is 0 Å². The van der Waals surface area contributed by atoms with Gasteiger partial charge < -0.3 is 10.1 Å². The second-order valence-corrected chi connectivity index (χ2v) is 4.54. The van der Waals surface area contributed by atoms with E-state index in [2.05, 4.69) is 10.3 Å². The number of rotatable bonds is 6. The van der Waals surface area contributed by atoms with E-state index in [4.69, 9.17) is 4.74 Å². The summed E-state index contributed by atoms with van der Waals surface area (Å²) in [5.41, 5.74) is 3.29. The summed E-state index contributed by atoms with van der Waals surface area (Å²) < 4.78 is 4.98. The summed E-state index contributed by atoms with van der Waals surface area (Å²) in [5.74, 6) is 0.764. The standard InChI is InChI=1S/C10H16N2OS/c1-13-5-4-11-6-9-10(8-2-3-8)12-7-14-9/h7-8,11H,2-6H2,1H3. The van der Waals surface area contributed by atoms with Crippen LogP contribution >= 0.6 is 11.3 Å². The summed E-state index contributed by atoms with van der Waals surface area (Å²) in [5, 5.41) is 3.36. The Morgan fingerprint density at radius 3 is 3.21 bits per heavy atom. The van der Waals surface area contributed by atoms with Crippen molar-refractivity contribution in [2.24, 2.45) is 0 Å². The normalized spacial score (nSPS) is 16.1. The van der Waals surface area contributed by atoms with Gasteiger partial charge >= 0.3 is 0 Å². The smallest absolute Gasteiger partial charge is 0.0798 e. The minimum Gasteiger partial charge on any atom is -0.383 e. The van der Waals surface area contributed by atoms with Crippen molar-refractivity contribution in [3.05, 3.63) is 16.1 Å². The Morgan fingerprint density at radius 2 is 2.50 bits per heavy atom. The Hall–Kier alpha value is -0.450. The van der Waals surface area contributed by atoms with Crippen molar-refractivity contribution in [1.29, 1.82) is 0 Å². The molecule has 1 N–H and O–H groups in total. The summed E-state index contributed by atoms with van der Waals surface area (Å²) in [7, 11) is 1.73. The van der Waals surface area contributed by atoms with Crippen molar-refractivity contribution in [1.82, 2.24) is 10.3 Å². The number of thiazole rings is 1. The van der Waals surface area contributed by atoms with Crippen LogP contribution in [0.4, 0.5) is 0 Å². The molecule has 3 nitrogen and oxygen atoms in total. The van der Waals surface area contributed by atoms with Crippen LogP contribution in [0.15, 0.2) is 5.51 Å². The third-order valence-corrected chi connectivity index (χ3v) is 3.25. The second kappa shape index (κ2) is 4.87. The highest BCUT2D eigenvalue weighted by atomic mass is 32.1.